The highest BCUT2D eigenvalue weighted by atomic mass is 16.5. The summed E-state index contributed by atoms with van der Waals surface area (Å²) >= 11 is 0. The molecule has 0 aromatic heterocycles. The number of nitrogens with one attached hydrogen (secondary N) is 2. The standard InChI is InChI=1S/C28H30N4O3/c1-3-31(4-2)18-19-35-27(33)21-14-16-24(17-15-21)32-20-22-10-8-9-13-25(22)26(32)30-28(34)29-23-11-6-5-7-12-23/h5-17H,3-4,18-20H2,1-2H3,(H,29,34)/p+1. The molecule has 1 aliphatic rings. The minimum Gasteiger partial charge on any atom is -0.456 e. The predicted octanol–water partition coefficient (Wildman–Crippen LogP) is 3.77. The fourth-order valence-electron chi connectivity index (χ4n) is 4.12. The zero-order valence-electron chi connectivity index (χ0n) is 20.2. The van der Waals surface area contributed by atoms with Gasteiger partial charge >= 0.3 is 12.0 Å². The maximum atomic E-state index is 12.7. The van der Waals surface area contributed by atoms with E-state index in [4.69, 9.17) is 4.74 Å². The van der Waals surface area contributed by atoms with Crippen LogP contribution in [-0.4, -0.2) is 44.1 Å². The smallest absolute Gasteiger partial charge is 0.347 e. The Balaban J connectivity index is 1.49. The maximum absolute atomic E-state index is 12.7. The summed E-state index contributed by atoms with van der Waals surface area (Å²) in [5.41, 5.74) is 4.03. The third-order valence-corrected chi connectivity index (χ3v) is 6.18. The number of carbonyl (C=O) groups is 2. The van der Waals surface area contributed by atoms with Crippen molar-refractivity contribution in [2.75, 3.05) is 36.5 Å². The molecule has 1 heterocycles. The molecule has 0 atom stereocenters. The number of quaternary nitrogens is 1. The van der Waals surface area contributed by atoms with Crippen LogP contribution in [-0.2, 0) is 11.3 Å². The molecule has 0 radical (unpaired) electrons. The SMILES string of the molecule is CC[NH+](CC)CCOC(=O)c1ccc(N2Cc3ccccc3C2=NC(=O)Nc2ccccc2)cc1. The molecule has 2 N–H and O–H groups in total. The zero-order valence-corrected chi connectivity index (χ0v) is 20.2. The van der Waals surface area contributed by atoms with Crippen molar-refractivity contribution in [2.45, 2.75) is 20.4 Å². The lowest BCUT2D eigenvalue weighted by atomic mass is 10.1. The van der Waals surface area contributed by atoms with Crippen LogP contribution in [0.2, 0.25) is 0 Å². The summed E-state index contributed by atoms with van der Waals surface area (Å²) in [6.45, 7) is 8.05. The number of ether oxygens (including phenoxy) is 1. The number of amides is 2. The highest BCUT2D eigenvalue weighted by Crippen LogP contribution is 2.29. The number of fused-ring (bicyclic) bond motifs is 1. The summed E-state index contributed by atoms with van der Waals surface area (Å²) in [5.74, 6) is 0.246. The molecule has 0 saturated carbocycles. The van der Waals surface area contributed by atoms with E-state index in [0.29, 0.717) is 30.2 Å². The molecule has 2 amide bonds. The molecular formula is C28H31N4O3+. The lowest BCUT2D eigenvalue weighted by Crippen LogP contribution is -3.11. The highest BCUT2D eigenvalue weighted by molar-refractivity contribution is 6.18. The summed E-state index contributed by atoms with van der Waals surface area (Å²) in [6.07, 6.45) is 0. The van der Waals surface area contributed by atoms with Crippen LogP contribution in [0.5, 0.6) is 0 Å². The molecule has 0 fully saturated rings. The van der Waals surface area contributed by atoms with Crippen molar-refractivity contribution in [3.63, 3.8) is 0 Å². The molecule has 3 aromatic carbocycles. The molecule has 35 heavy (non-hydrogen) atoms. The van der Waals surface area contributed by atoms with Gasteiger partial charge < -0.3 is 19.9 Å². The monoisotopic (exact) mass is 471 g/mol. The third-order valence-electron chi connectivity index (χ3n) is 6.18. The van der Waals surface area contributed by atoms with Crippen LogP contribution in [0.4, 0.5) is 16.2 Å². The van der Waals surface area contributed by atoms with E-state index in [1.54, 1.807) is 12.1 Å². The number of carbonyl (C=O) groups excluding carboxylic acids is 2. The lowest BCUT2D eigenvalue weighted by Gasteiger charge is -2.19. The van der Waals surface area contributed by atoms with Gasteiger partial charge in [0.2, 0.25) is 0 Å². The number of benzene rings is 3. The highest BCUT2D eigenvalue weighted by Gasteiger charge is 2.27. The van der Waals surface area contributed by atoms with Crippen molar-refractivity contribution in [3.05, 3.63) is 95.6 Å². The molecule has 7 heteroatoms. The van der Waals surface area contributed by atoms with Crippen molar-refractivity contribution in [3.8, 4) is 0 Å². The van der Waals surface area contributed by atoms with E-state index in [2.05, 4.69) is 24.2 Å². The maximum Gasteiger partial charge on any atom is 0.347 e. The number of likely N-dealkylation sites (N-methyl/N-ethyl adjacent to an activating group) is 1. The Bertz CT molecular complexity index is 1190. The summed E-state index contributed by atoms with van der Waals surface area (Å²) in [6, 6.07) is 24.0. The van der Waals surface area contributed by atoms with Crippen molar-refractivity contribution >= 4 is 29.2 Å². The summed E-state index contributed by atoms with van der Waals surface area (Å²) in [5, 5.41) is 2.82. The Hall–Kier alpha value is -3.97. The predicted molar refractivity (Wildman–Crippen MR) is 138 cm³/mol. The molecule has 1 aliphatic heterocycles. The number of hydrogen-bond acceptors (Lipinski definition) is 3. The van der Waals surface area contributed by atoms with Crippen LogP contribution in [0.25, 0.3) is 0 Å². The average Bonchev–Trinajstić information content (AvgIpc) is 3.25. The van der Waals surface area contributed by atoms with E-state index in [0.717, 1.165) is 36.4 Å². The van der Waals surface area contributed by atoms with Gasteiger partial charge in [-0.15, -0.1) is 0 Å². The van der Waals surface area contributed by atoms with Crippen LogP contribution >= 0.6 is 0 Å². The number of aliphatic imine (C=N–C) groups is 1. The van der Waals surface area contributed by atoms with Crippen LogP contribution in [0.1, 0.15) is 35.3 Å². The summed E-state index contributed by atoms with van der Waals surface area (Å²) in [4.78, 5) is 33.0. The Morgan fingerprint density at radius 1 is 0.943 bits per heavy atom. The topological polar surface area (TPSA) is 75.4 Å². The Labute approximate surface area is 206 Å². The van der Waals surface area contributed by atoms with E-state index >= 15 is 0 Å². The van der Waals surface area contributed by atoms with Crippen molar-refractivity contribution < 1.29 is 19.2 Å². The number of rotatable bonds is 8. The number of hydrogen-bond donors (Lipinski definition) is 2. The van der Waals surface area contributed by atoms with E-state index < -0.39 is 6.03 Å². The Morgan fingerprint density at radius 2 is 1.63 bits per heavy atom. The first-order valence-corrected chi connectivity index (χ1v) is 12.0. The third kappa shape index (κ3) is 5.94. The van der Waals surface area contributed by atoms with Gasteiger partial charge in [-0.1, -0.05) is 42.5 Å². The summed E-state index contributed by atoms with van der Waals surface area (Å²) < 4.78 is 5.46. The second kappa shape index (κ2) is 11.4. The van der Waals surface area contributed by atoms with E-state index in [-0.39, 0.29) is 5.97 Å². The summed E-state index contributed by atoms with van der Waals surface area (Å²) in [7, 11) is 0. The first-order valence-electron chi connectivity index (χ1n) is 12.0. The largest absolute Gasteiger partial charge is 0.456 e. The van der Waals surface area contributed by atoms with Gasteiger partial charge in [-0.3, -0.25) is 0 Å². The molecule has 0 bridgehead atoms. The van der Waals surface area contributed by atoms with Gasteiger partial charge in [-0.05, 0) is 55.8 Å². The number of esters is 1. The first kappa shape index (κ1) is 24.2. The van der Waals surface area contributed by atoms with Crippen LogP contribution in [0.3, 0.4) is 0 Å². The molecule has 0 aliphatic carbocycles. The number of para-hydroxylation sites is 1. The number of anilines is 2. The second-order valence-electron chi connectivity index (χ2n) is 8.36. The van der Waals surface area contributed by atoms with Gasteiger partial charge in [0.1, 0.15) is 19.0 Å². The molecule has 3 aromatic rings. The van der Waals surface area contributed by atoms with Crippen molar-refractivity contribution in [1.29, 1.82) is 0 Å². The molecular weight excluding hydrogens is 440 g/mol. The number of urea groups is 1. The molecule has 4 rings (SSSR count). The molecule has 0 spiro atoms. The van der Waals surface area contributed by atoms with Crippen LogP contribution < -0.4 is 15.1 Å². The number of nitrogens with zero attached hydrogens (tertiary/aromatic N) is 2. The Kier molecular flexibility index (Phi) is 7.90. The Morgan fingerprint density at radius 3 is 2.34 bits per heavy atom. The number of amidine groups is 1. The van der Waals surface area contributed by atoms with E-state index in [9.17, 15) is 9.59 Å². The van der Waals surface area contributed by atoms with Crippen molar-refractivity contribution in [1.82, 2.24) is 0 Å². The van der Waals surface area contributed by atoms with Gasteiger partial charge in [-0.25, -0.2) is 9.59 Å². The average molecular weight is 472 g/mol. The fourth-order valence-corrected chi connectivity index (χ4v) is 4.12. The quantitative estimate of drug-likeness (QED) is 0.491. The fraction of sp³-hybridized carbons (Fsp3) is 0.250. The van der Waals surface area contributed by atoms with E-state index in [1.165, 1.54) is 4.90 Å². The first-order chi connectivity index (χ1) is 17.1. The minimum atomic E-state index is -0.441. The van der Waals surface area contributed by atoms with Crippen LogP contribution in [0.15, 0.2) is 83.9 Å². The molecule has 0 unspecified atom stereocenters. The molecule has 180 valence electrons. The van der Waals surface area contributed by atoms with E-state index in [1.807, 2.05) is 71.6 Å². The molecule has 0 saturated heterocycles. The van der Waals surface area contributed by atoms with Gasteiger partial charge in [-0.2, -0.15) is 4.99 Å². The van der Waals surface area contributed by atoms with Crippen LogP contribution in [0, 0.1) is 0 Å². The van der Waals surface area contributed by atoms with Crippen molar-refractivity contribution in [2.24, 2.45) is 4.99 Å². The van der Waals surface area contributed by atoms with Gasteiger partial charge in [0.15, 0.2) is 0 Å². The van der Waals surface area contributed by atoms with Gasteiger partial charge in [0.05, 0.1) is 25.2 Å². The lowest BCUT2D eigenvalue weighted by molar-refractivity contribution is -0.896. The second-order valence-corrected chi connectivity index (χ2v) is 8.36. The molecule has 7 nitrogen and oxygen atoms in total. The van der Waals surface area contributed by atoms with Gasteiger partial charge in [0, 0.05) is 16.9 Å². The zero-order chi connectivity index (χ0) is 24.6. The normalized spacial score (nSPS) is 13.7. The van der Waals surface area contributed by atoms with Gasteiger partial charge in [0.25, 0.3) is 0 Å². The minimum absolute atomic E-state index is 0.330.